The Bertz CT molecular complexity index is 1990. The van der Waals surface area contributed by atoms with E-state index in [9.17, 15) is 9.59 Å². The fraction of sp³-hybridized carbons (Fsp3) is 0.222. The van der Waals surface area contributed by atoms with Crippen LogP contribution in [0.4, 0.5) is 0 Å². The Balaban J connectivity index is 1.40. The number of furan rings is 1. The summed E-state index contributed by atoms with van der Waals surface area (Å²) >= 11 is 0. The maximum Gasteiger partial charge on any atom is 0.255 e. The first-order chi connectivity index (χ1) is 21.2. The summed E-state index contributed by atoms with van der Waals surface area (Å²) in [6.07, 6.45) is 3.69. The number of Topliss-reactive ketones (excluding diaryl/α,β-unsaturated/α-hetero) is 1. The SMILES string of the molecule is CCOc1cc2oc(-c3ccc(C)cc3)c(C(=O)NC)c2cc1-c1cccc(C(=O)CC(C)(C)c2nc3ccncc3[nH]2)c1. The second-order valence-corrected chi connectivity index (χ2v) is 11.6. The smallest absolute Gasteiger partial charge is 0.255 e. The van der Waals surface area contributed by atoms with Crippen molar-refractivity contribution in [1.82, 2.24) is 20.3 Å². The maximum atomic E-state index is 13.7. The predicted molar refractivity (Wildman–Crippen MR) is 172 cm³/mol. The highest BCUT2D eigenvalue weighted by Gasteiger charge is 2.29. The van der Waals surface area contributed by atoms with Gasteiger partial charge in [-0.25, -0.2) is 4.98 Å². The molecule has 0 aliphatic rings. The van der Waals surface area contributed by atoms with Crippen molar-refractivity contribution in [3.05, 3.63) is 102 Å². The summed E-state index contributed by atoms with van der Waals surface area (Å²) < 4.78 is 12.4. The van der Waals surface area contributed by atoms with Gasteiger partial charge in [-0.3, -0.25) is 14.6 Å². The van der Waals surface area contributed by atoms with Gasteiger partial charge in [0.25, 0.3) is 5.91 Å². The molecular formula is C36H34N4O4. The predicted octanol–water partition coefficient (Wildman–Crippen LogP) is 7.66. The van der Waals surface area contributed by atoms with Crippen LogP contribution in [0.1, 0.15) is 59.3 Å². The molecule has 3 heterocycles. The van der Waals surface area contributed by atoms with Crippen molar-refractivity contribution in [1.29, 1.82) is 0 Å². The minimum atomic E-state index is -0.535. The zero-order valence-electron chi connectivity index (χ0n) is 25.4. The van der Waals surface area contributed by atoms with E-state index in [0.717, 1.165) is 39.1 Å². The van der Waals surface area contributed by atoms with Crippen molar-refractivity contribution in [2.45, 2.75) is 39.5 Å². The molecule has 6 rings (SSSR count). The van der Waals surface area contributed by atoms with Crippen LogP contribution in [-0.4, -0.2) is 40.3 Å². The zero-order chi connectivity index (χ0) is 31.0. The molecule has 0 aliphatic heterocycles. The summed E-state index contributed by atoms with van der Waals surface area (Å²) in [5.74, 6) is 1.58. The van der Waals surface area contributed by atoms with Crippen molar-refractivity contribution in [2.24, 2.45) is 0 Å². The number of carbonyl (C=O) groups is 2. The molecule has 8 heteroatoms. The Morgan fingerprint density at radius 2 is 1.82 bits per heavy atom. The van der Waals surface area contributed by atoms with Crippen molar-refractivity contribution >= 4 is 33.7 Å². The van der Waals surface area contributed by atoms with Crippen LogP contribution in [0, 0.1) is 6.92 Å². The first-order valence-electron chi connectivity index (χ1n) is 14.6. The Hall–Kier alpha value is -5.24. The number of aromatic nitrogens is 3. The topological polar surface area (TPSA) is 110 Å². The largest absolute Gasteiger partial charge is 0.493 e. The van der Waals surface area contributed by atoms with Gasteiger partial charge < -0.3 is 19.5 Å². The number of fused-ring (bicyclic) bond motifs is 2. The Morgan fingerprint density at radius 3 is 2.55 bits per heavy atom. The minimum Gasteiger partial charge on any atom is -0.493 e. The van der Waals surface area contributed by atoms with Gasteiger partial charge in [0.2, 0.25) is 0 Å². The Morgan fingerprint density at radius 1 is 1.02 bits per heavy atom. The van der Waals surface area contributed by atoms with E-state index in [0.29, 0.717) is 40.2 Å². The third-order valence-electron chi connectivity index (χ3n) is 7.88. The Labute approximate surface area is 255 Å². The molecule has 0 radical (unpaired) electrons. The van der Waals surface area contributed by atoms with Gasteiger partial charge in [-0.15, -0.1) is 0 Å². The molecule has 8 nitrogen and oxygen atoms in total. The van der Waals surface area contributed by atoms with Crippen LogP contribution >= 0.6 is 0 Å². The summed E-state index contributed by atoms with van der Waals surface area (Å²) in [5.41, 5.74) is 6.17. The molecule has 1 amide bonds. The first kappa shape index (κ1) is 28.9. The average molecular weight is 587 g/mol. The number of ether oxygens (including phenoxy) is 1. The van der Waals surface area contributed by atoms with Gasteiger partial charge in [0.05, 0.1) is 29.4 Å². The monoisotopic (exact) mass is 586 g/mol. The van der Waals surface area contributed by atoms with Gasteiger partial charge in [-0.1, -0.05) is 61.9 Å². The number of carbonyl (C=O) groups excluding carboxylic acids is 2. The number of imidazole rings is 1. The normalized spacial score (nSPS) is 11.7. The molecule has 0 unspecified atom stereocenters. The summed E-state index contributed by atoms with van der Waals surface area (Å²) in [6, 6.07) is 21.0. The van der Waals surface area contributed by atoms with Gasteiger partial charge >= 0.3 is 0 Å². The van der Waals surface area contributed by atoms with Crippen molar-refractivity contribution in [3.8, 4) is 28.2 Å². The summed E-state index contributed by atoms with van der Waals surface area (Å²) in [7, 11) is 1.61. The number of hydrogen-bond acceptors (Lipinski definition) is 6. The number of ketones is 1. The minimum absolute atomic E-state index is 0.00881. The molecule has 0 saturated carbocycles. The summed E-state index contributed by atoms with van der Waals surface area (Å²) in [5, 5.41) is 3.42. The van der Waals surface area contributed by atoms with Crippen LogP contribution in [-0.2, 0) is 5.41 Å². The van der Waals surface area contributed by atoms with E-state index in [1.165, 1.54) is 0 Å². The van der Waals surface area contributed by atoms with E-state index in [4.69, 9.17) is 14.1 Å². The molecule has 3 aromatic carbocycles. The van der Waals surface area contributed by atoms with E-state index >= 15 is 0 Å². The van der Waals surface area contributed by atoms with Gasteiger partial charge in [-0.2, -0.15) is 0 Å². The highest BCUT2D eigenvalue weighted by Crippen LogP contribution is 2.41. The fourth-order valence-corrected chi connectivity index (χ4v) is 5.51. The maximum absolute atomic E-state index is 13.7. The van der Waals surface area contributed by atoms with Crippen LogP contribution in [0.15, 0.2) is 83.5 Å². The first-order valence-corrected chi connectivity index (χ1v) is 14.6. The second kappa shape index (κ2) is 11.4. The number of nitrogens with one attached hydrogen (secondary N) is 2. The van der Waals surface area contributed by atoms with Crippen LogP contribution in [0.2, 0.25) is 0 Å². The molecule has 44 heavy (non-hydrogen) atoms. The molecule has 0 atom stereocenters. The quantitative estimate of drug-likeness (QED) is 0.168. The molecule has 0 spiro atoms. The van der Waals surface area contributed by atoms with Crippen molar-refractivity contribution in [3.63, 3.8) is 0 Å². The number of nitrogens with zero attached hydrogens (tertiary/aromatic N) is 2. The van der Waals surface area contributed by atoms with E-state index in [1.54, 1.807) is 19.4 Å². The number of pyridine rings is 1. The summed E-state index contributed by atoms with van der Waals surface area (Å²) in [6.45, 7) is 8.38. The fourth-order valence-electron chi connectivity index (χ4n) is 5.51. The molecule has 3 aromatic heterocycles. The third kappa shape index (κ3) is 5.35. The molecule has 0 bridgehead atoms. The second-order valence-electron chi connectivity index (χ2n) is 11.6. The number of hydrogen-bond donors (Lipinski definition) is 2. The molecule has 0 saturated heterocycles. The van der Waals surface area contributed by atoms with E-state index in [1.807, 2.05) is 94.4 Å². The number of H-pyrrole nitrogens is 1. The van der Waals surface area contributed by atoms with E-state index in [-0.39, 0.29) is 18.1 Å². The summed E-state index contributed by atoms with van der Waals surface area (Å²) in [4.78, 5) is 39.1. The number of rotatable bonds is 9. The van der Waals surface area contributed by atoms with Gasteiger partial charge in [-0.05, 0) is 37.6 Å². The number of benzene rings is 3. The van der Waals surface area contributed by atoms with Crippen LogP contribution in [0.5, 0.6) is 5.75 Å². The third-order valence-corrected chi connectivity index (χ3v) is 7.88. The van der Waals surface area contributed by atoms with Gasteiger partial charge in [0.15, 0.2) is 5.78 Å². The highest BCUT2D eigenvalue weighted by atomic mass is 16.5. The molecule has 6 aromatic rings. The number of aryl methyl sites for hydroxylation is 1. The average Bonchev–Trinajstić information content (AvgIpc) is 3.63. The lowest BCUT2D eigenvalue weighted by atomic mass is 9.84. The molecule has 2 N–H and O–H groups in total. The van der Waals surface area contributed by atoms with E-state index < -0.39 is 5.41 Å². The van der Waals surface area contributed by atoms with Crippen molar-refractivity contribution < 1.29 is 18.7 Å². The van der Waals surface area contributed by atoms with Crippen LogP contribution in [0.25, 0.3) is 44.5 Å². The lowest BCUT2D eigenvalue weighted by Gasteiger charge is -2.21. The van der Waals surface area contributed by atoms with E-state index in [2.05, 4.69) is 15.3 Å². The molecule has 0 fully saturated rings. The van der Waals surface area contributed by atoms with Gasteiger partial charge in [0, 0.05) is 53.2 Å². The lowest BCUT2D eigenvalue weighted by Crippen LogP contribution is -2.23. The highest BCUT2D eigenvalue weighted by molar-refractivity contribution is 6.12. The molecule has 222 valence electrons. The standard InChI is InChI=1S/C36H34N4O4/c1-6-43-30-18-31-26(32(34(42)37-5)33(44-31)22-12-10-21(2)11-13-22)17-25(30)23-8-7-9-24(16-23)29(41)19-36(3,4)35-39-27-14-15-38-20-28(27)40-35/h7-18,20H,6,19H2,1-5H3,(H,37,42)(H,39,40). The van der Waals surface area contributed by atoms with Crippen LogP contribution in [0.3, 0.4) is 0 Å². The number of amides is 1. The number of aromatic amines is 1. The zero-order valence-corrected chi connectivity index (χ0v) is 25.4. The molecular weight excluding hydrogens is 552 g/mol. The van der Waals surface area contributed by atoms with Crippen LogP contribution < -0.4 is 10.1 Å². The van der Waals surface area contributed by atoms with Gasteiger partial charge in [0.1, 0.15) is 22.9 Å². The lowest BCUT2D eigenvalue weighted by molar-refractivity contribution is 0.0951. The van der Waals surface area contributed by atoms with Crippen molar-refractivity contribution in [2.75, 3.05) is 13.7 Å². The Kier molecular flexibility index (Phi) is 7.51. The molecule has 0 aliphatic carbocycles.